The SMILES string of the molecule is C[Si](C)(C)O[SiH](O[Si](C)(C)C)[Si](C)(C)C. The fourth-order valence-corrected chi connectivity index (χ4v) is 22.3. The van der Waals surface area contributed by atoms with Crippen LogP contribution in [0.1, 0.15) is 0 Å². The molecule has 0 aromatic heterocycles. The van der Waals surface area contributed by atoms with Gasteiger partial charge in [-0.25, -0.2) is 0 Å². The largest absolute Gasteiger partial charge is 0.441 e. The molecule has 0 aromatic rings. The van der Waals surface area contributed by atoms with Gasteiger partial charge in [-0.2, -0.15) is 0 Å². The maximum Gasteiger partial charge on any atom is 0.279 e. The molecule has 6 heteroatoms. The summed E-state index contributed by atoms with van der Waals surface area (Å²) in [4.78, 5) is 0. The van der Waals surface area contributed by atoms with Crippen LogP contribution in [0.3, 0.4) is 0 Å². The van der Waals surface area contributed by atoms with Crippen molar-refractivity contribution in [3.05, 3.63) is 0 Å². The van der Waals surface area contributed by atoms with Gasteiger partial charge in [0, 0.05) is 0 Å². The van der Waals surface area contributed by atoms with Crippen LogP contribution >= 0.6 is 0 Å². The predicted octanol–water partition coefficient (Wildman–Crippen LogP) is 3.33. The van der Waals surface area contributed by atoms with Gasteiger partial charge in [-0.15, -0.1) is 0 Å². The molecule has 15 heavy (non-hydrogen) atoms. The summed E-state index contributed by atoms with van der Waals surface area (Å²) in [6.07, 6.45) is 0. The number of rotatable bonds is 5. The van der Waals surface area contributed by atoms with Crippen LogP contribution in [0.2, 0.25) is 58.9 Å². The van der Waals surface area contributed by atoms with Crippen LogP contribution in [0.25, 0.3) is 0 Å². The van der Waals surface area contributed by atoms with E-state index in [4.69, 9.17) is 8.23 Å². The molecule has 0 spiro atoms. The highest BCUT2D eigenvalue weighted by Gasteiger charge is 2.38. The molecular formula is C9H28O2Si4. The number of hydrogen-bond donors (Lipinski definition) is 0. The third-order valence-electron chi connectivity index (χ3n) is 1.63. The van der Waals surface area contributed by atoms with Gasteiger partial charge in [0.05, 0.1) is 7.59 Å². The van der Waals surface area contributed by atoms with Crippen molar-refractivity contribution in [2.75, 3.05) is 0 Å². The lowest BCUT2D eigenvalue weighted by molar-refractivity contribution is 0.441. The first-order chi connectivity index (χ1) is 6.31. The molecule has 0 bridgehead atoms. The summed E-state index contributed by atoms with van der Waals surface area (Å²) >= 11 is 0. The molecule has 0 N–H and O–H groups in total. The molecule has 0 aliphatic carbocycles. The normalized spacial score (nSPS) is 14.8. The van der Waals surface area contributed by atoms with Gasteiger partial charge in [-0.3, -0.25) is 0 Å². The summed E-state index contributed by atoms with van der Waals surface area (Å²) in [6, 6.07) is 0. The van der Waals surface area contributed by atoms with E-state index in [1.54, 1.807) is 0 Å². The minimum Gasteiger partial charge on any atom is -0.441 e. The molecule has 0 amide bonds. The second-order valence-electron chi connectivity index (χ2n) is 7.16. The fourth-order valence-electron chi connectivity index (χ4n) is 1.02. The smallest absolute Gasteiger partial charge is 0.279 e. The second kappa shape index (κ2) is 4.97. The Morgan fingerprint density at radius 2 is 0.867 bits per heavy atom. The molecule has 0 atom stereocenters. The lowest BCUT2D eigenvalue weighted by atomic mass is 11.8. The third-order valence-corrected chi connectivity index (χ3v) is 16.8. The zero-order chi connectivity index (χ0) is 12.5. The monoisotopic (exact) mass is 280 g/mol. The average Bonchev–Trinajstić information content (AvgIpc) is 1.75. The average molecular weight is 281 g/mol. The van der Waals surface area contributed by atoms with E-state index in [2.05, 4.69) is 58.9 Å². The molecule has 0 aromatic carbocycles. The first-order valence-corrected chi connectivity index (χ1v) is 18.7. The van der Waals surface area contributed by atoms with Gasteiger partial charge in [0.2, 0.25) is 0 Å². The second-order valence-corrected chi connectivity index (χ2v) is 29.5. The fraction of sp³-hybridized carbons (Fsp3) is 1.00. The van der Waals surface area contributed by atoms with Crippen molar-refractivity contribution in [3.8, 4) is 0 Å². The Hall–Kier alpha value is 0.788. The summed E-state index contributed by atoms with van der Waals surface area (Å²) in [5.74, 6) is 0. The minimum absolute atomic E-state index is 1.24. The summed E-state index contributed by atoms with van der Waals surface area (Å²) in [5.41, 5.74) is 0. The van der Waals surface area contributed by atoms with Crippen molar-refractivity contribution in [2.45, 2.75) is 58.9 Å². The van der Waals surface area contributed by atoms with E-state index in [1.165, 1.54) is 0 Å². The molecule has 0 heterocycles. The zero-order valence-corrected chi connectivity index (χ0v) is 16.0. The van der Waals surface area contributed by atoms with Crippen molar-refractivity contribution in [1.29, 1.82) is 0 Å². The van der Waals surface area contributed by atoms with Gasteiger partial charge in [0.25, 0.3) is 8.80 Å². The highest BCUT2D eigenvalue weighted by Crippen LogP contribution is 2.18. The molecule has 0 aliphatic rings. The van der Waals surface area contributed by atoms with E-state index in [-0.39, 0.29) is 0 Å². The van der Waals surface area contributed by atoms with Gasteiger partial charge >= 0.3 is 0 Å². The van der Waals surface area contributed by atoms with Gasteiger partial charge < -0.3 is 8.23 Å². The molecule has 0 saturated carbocycles. The minimum atomic E-state index is -1.44. The van der Waals surface area contributed by atoms with Gasteiger partial charge in [0.15, 0.2) is 16.6 Å². The van der Waals surface area contributed by atoms with Crippen molar-refractivity contribution in [1.82, 2.24) is 0 Å². The highest BCUT2D eigenvalue weighted by atomic mass is 29.3. The van der Waals surface area contributed by atoms with Crippen LogP contribution in [-0.2, 0) is 8.23 Å². The van der Waals surface area contributed by atoms with Gasteiger partial charge in [-0.1, -0.05) is 19.6 Å². The molecule has 0 fully saturated rings. The molecule has 2 nitrogen and oxygen atoms in total. The Morgan fingerprint density at radius 1 is 0.600 bits per heavy atom. The first kappa shape index (κ1) is 15.8. The first-order valence-electron chi connectivity index (χ1n) is 5.67. The van der Waals surface area contributed by atoms with Crippen LogP contribution in [0, 0.1) is 0 Å². The maximum atomic E-state index is 6.33. The third kappa shape index (κ3) is 8.58. The van der Waals surface area contributed by atoms with Crippen molar-refractivity contribution < 1.29 is 8.23 Å². The lowest BCUT2D eigenvalue weighted by Crippen LogP contribution is -2.56. The van der Waals surface area contributed by atoms with E-state index < -0.39 is 33.0 Å². The summed E-state index contributed by atoms with van der Waals surface area (Å²) in [6.45, 7) is 20.7. The Morgan fingerprint density at radius 3 is 1.00 bits per heavy atom. The maximum absolute atomic E-state index is 6.33. The Balaban J connectivity index is 4.62. The summed E-state index contributed by atoms with van der Waals surface area (Å²) in [7, 11) is -5.52. The van der Waals surface area contributed by atoms with Gasteiger partial charge in [0.1, 0.15) is 0 Å². The van der Waals surface area contributed by atoms with Crippen molar-refractivity contribution in [2.24, 2.45) is 0 Å². The van der Waals surface area contributed by atoms with Crippen LogP contribution in [-0.4, -0.2) is 33.0 Å². The molecule has 0 unspecified atom stereocenters. The lowest BCUT2D eigenvalue weighted by Gasteiger charge is -2.36. The van der Waals surface area contributed by atoms with Crippen LogP contribution in [0.5, 0.6) is 0 Å². The number of hydrogen-bond acceptors (Lipinski definition) is 2. The molecule has 0 aliphatic heterocycles. The van der Waals surface area contributed by atoms with Crippen molar-refractivity contribution >= 4 is 33.0 Å². The van der Waals surface area contributed by atoms with Crippen molar-refractivity contribution in [3.63, 3.8) is 0 Å². The molecule has 0 saturated heterocycles. The topological polar surface area (TPSA) is 18.5 Å². The standard InChI is InChI=1S/C9H28O2Si4/c1-13(2,3)10-12(15(7,8)9)11-14(4,5)6/h12H,1-9H3. The van der Waals surface area contributed by atoms with Crippen LogP contribution < -0.4 is 0 Å². The van der Waals surface area contributed by atoms with Crippen LogP contribution in [0.4, 0.5) is 0 Å². The Kier molecular flexibility index (Phi) is 5.23. The Labute approximate surface area is 100 Å². The summed E-state index contributed by atoms with van der Waals surface area (Å²) in [5, 5.41) is 0. The quantitative estimate of drug-likeness (QED) is 0.719. The highest BCUT2D eigenvalue weighted by molar-refractivity contribution is 7.29. The van der Waals surface area contributed by atoms with E-state index in [0.717, 1.165) is 0 Å². The molecule has 0 radical (unpaired) electrons. The molecule has 92 valence electrons. The zero-order valence-electron chi connectivity index (χ0n) is 11.9. The van der Waals surface area contributed by atoms with Crippen LogP contribution in [0.15, 0.2) is 0 Å². The Bertz CT molecular complexity index is 184. The van der Waals surface area contributed by atoms with E-state index in [0.29, 0.717) is 0 Å². The summed E-state index contributed by atoms with van der Waals surface area (Å²) < 4.78 is 12.7. The predicted molar refractivity (Wildman–Crippen MR) is 79.4 cm³/mol. The molecule has 0 rings (SSSR count). The molecular weight excluding hydrogens is 252 g/mol. The van der Waals surface area contributed by atoms with E-state index in [9.17, 15) is 0 Å². The van der Waals surface area contributed by atoms with E-state index in [1.807, 2.05) is 0 Å². The van der Waals surface area contributed by atoms with E-state index >= 15 is 0 Å². The van der Waals surface area contributed by atoms with Gasteiger partial charge in [-0.05, 0) is 39.3 Å².